The molecule has 0 radical (unpaired) electrons. The summed E-state index contributed by atoms with van der Waals surface area (Å²) in [4.78, 5) is 44.6. The molecule has 54 heavy (non-hydrogen) atoms. The highest BCUT2D eigenvalue weighted by Crippen LogP contribution is 2.48. The van der Waals surface area contributed by atoms with Crippen LogP contribution in [0.3, 0.4) is 0 Å². The van der Waals surface area contributed by atoms with E-state index in [2.05, 4.69) is 10.3 Å². The first-order chi connectivity index (χ1) is 25.5. The SMILES string of the molecule is CCC(C)(C)c1ccc(Oc2cc(Nc3ccc(S(=O)(=O)O)cc3)c3c4c(c(C(=O)c5ccccc5)c(=O)[nH]c24)-c2ccccc2C3=O)c(S(=O)(=O)O)c1. The molecule has 0 bridgehead atoms. The highest BCUT2D eigenvalue weighted by molar-refractivity contribution is 7.86. The minimum Gasteiger partial charge on any atom is -0.454 e. The van der Waals surface area contributed by atoms with Crippen LogP contribution in [0.15, 0.2) is 118 Å². The van der Waals surface area contributed by atoms with Crippen LogP contribution in [0.5, 0.6) is 11.5 Å². The number of fused-ring (bicyclic) bond motifs is 2. The van der Waals surface area contributed by atoms with Crippen LogP contribution in [-0.2, 0) is 25.7 Å². The molecule has 0 fully saturated rings. The summed E-state index contributed by atoms with van der Waals surface area (Å²) in [5.41, 5.74) is 0.275. The molecule has 1 aliphatic carbocycles. The molecule has 6 aromatic rings. The predicted molar refractivity (Wildman–Crippen MR) is 202 cm³/mol. The first kappa shape index (κ1) is 36.4. The summed E-state index contributed by atoms with van der Waals surface area (Å²) >= 11 is 0. The molecule has 0 saturated carbocycles. The highest BCUT2D eigenvalue weighted by atomic mass is 32.2. The number of hydrogen-bond acceptors (Lipinski definition) is 9. The first-order valence-corrected chi connectivity index (χ1v) is 19.5. The van der Waals surface area contributed by atoms with Gasteiger partial charge in [-0.1, -0.05) is 81.4 Å². The van der Waals surface area contributed by atoms with E-state index in [-0.39, 0.29) is 66.5 Å². The Morgan fingerprint density at radius 2 is 1.43 bits per heavy atom. The molecule has 0 saturated heterocycles. The standard InChI is InChI=1S/C40H32N2O10S2/c1-4-40(2,3)23-14-19-29(31(20-23)54(49,50)51)52-30-21-28(41-24-15-17-25(18-16-24)53(46,47)48)33-34-32(26-12-8-9-13-27(26)38(33)44)35(39(45)42-36(30)34)37(43)22-10-6-5-7-11-22/h5-21,41H,4H2,1-3H3,(H,42,45)(H,46,47,48)(H,49,50,51). The van der Waals surface area contributed by atoms with Crippen LogP contribution in [0.25, 0.3) is 22.0 Å². The van der Waals surface area contributed by atoms with Gasteiger partial charge in [-0.3, -0.25) is 23.5 Å². The second-order valence-electron chi connectivity index (χ2n) is 13.4. The van der Waals surface area contributed by atoms with Gasteiger partial charge in [0, 0.05) is 33.8 Å². The molecule has 274 valence electrons. The number of ether oxygens (including phenoxy) is 1. The average molecular weight is 765 g/mol. The van der Waals surface area contributed by atoms with Crippen molar-refractivity contribution in [1.82, 2.24) is 4.98 Å². The molecule has 1 aliphatic rings. The van der Waals surface area contributed by atoms with E-state index < -0.39 is 47.7 Å². The number of carbonyl (C=O) groups excluding carboxylic acids is 2. The van der Waals surface area contributed by atoms with Crippen molar-refractivity contribution in [3.63, 3.8) is 0 Å². The van der Waals surface area contributed by atoms with E-state index in [4.69, 9.17) is 4.74 Å². The summed E-state index contributed by atoms with van der Waals surface area (Å²) < 4.78 is 75.2. The van der Waals surface area contributed by atoms with E-state index >= 15 is 0 Å². The van der Waals surface area contributed by atoms with Crippen molar-refractivity contribution < 1.29 is 40.3 Å². The summed E-state index contributed by atoms with van der Waals surface area (Å²) in [5, 5.41) is 3.21. The highest BCUT2D eigenvalue weighted by Gasteiger charge is 2.35. The van der Waals surface area contributed by atoms with Crippen molar-refractivity contribution in [1.29, 1.82) is 0 Å². The van der Waals surface area contributed by atoms with Gasteiger partial charge in [-0.25, -0.2) is 0 Å². The third-order valence-electron chi connectivity index (χ3n) is 9.73. The average Bonchev–Trinajstić information content (AvgIpc) is 3.14. The number of H-pyrrole nitrogens is 1. The van der Waals surface area contributed by atoms with E-state index in [0.717, 1.165) is 12.1 Å². The molecule has 1 aromatic heterocycles. The molecular weight excluding hydrogens is 733 g/mol. The van der Waals surface area contributed by atoms with Crippen molar-refractivity contribution >= 4 is 54.1 Å². The van der Waals surface area contributed by atoms with E-state index in [1.807, 2.05) is 20.8 Å². The number of nitrogens with one attached hydrogen (secondary N) is 2. The van der Waals surface area contributed by atoms with Gasteiger partial charge >= 0.3 is 0 Å². The van der Waals surface area contributed by atoms with Crippen LogP contribution in [0.1, 0.15) is 64.6 Å². The lowest BCUT2D eigenvalue weighted by molar-refractivity contribution is 0.102. The number of hydrogen-bond donors (Lipinski definition) is 4. The molecular formula is C40H32N2O10S2. The summed E-state index contributed by atoms with van der Waals surface area (Å²) in [6.45, 7) is 5.76. The number of ketones is 2. The zero-order chi connectivity index (χ0) is 38.7. The van der Waals surface area contributed by atoms with Gasteiger partial charge in [0.1, 0.15) is 10.6 Å². The molecule has 12 nitrogen and oxygen atoms in total. The summed E-state index contributed by atoms with van der Waals surface area (Å²) in [6, 6.07) is 25.3. The third kappa shape index (κ3) is 6.38. The molecule has 14 heteroatoms. The molecule has 7 rings (SSSR count). The van der Waals surface area contributed by atoms with E-state index in [1.165, 1.54) is 30.3 Å². The second-order valence-corrected chi connectivity index (χ2v) is 16.2. The predicted octanol–water partition coefficient (Wildman–Crippen LogP) is 7.69. The lowest BCUT2D eigenvalue weighted by Crippen LogP contribution is -2.24. The fraction of sp³-hybridized carbons (Fsp3) is 0.125. The monoisotopic (exact) mass is 764 g/mol. The first-order valence-electron chi connectivity index (χ1n) is 16.6. The molecule has 0 amide bonds. The van der Waals surface area contributed by atoms with Gasteiger partial charge in [-0.15, -0.1) is 0 Å². The van der Waals surface area contributed by atoms with Crippen molar-refractivity contribution in [2.24, 2.45) is 0 Å². The molecule has 0 atom stereocenters. The number of rotatable bonds is 10. The maximum Gasteiger partial charge on any atom is 0.298 e. The van der Waals surface area contributed by atoms with Crippen molar-refractivity contribution in [3.05, 3.63) is 141 Å². The van der Waals surface area contributed by atoms with Crippen LogP contribution < -0.4 is 15.6 Å². The Morgan fingerprint density at radius 1 is 0.778 bits per heavy atom. The fourth-order valence-corrected chi connectivity index (χ4v) is 7.64. The van der Waals surface area contributed by atoms with Crippen molar-refractivity contribution in [2.75, 3.05) is 5.32 Å². The van der Waals surface area contributed by atoms with Crippen molar-refractivity contribution in [2.45, 2.75) is 42.4 Å². The van der Waals surface area contributed by atoms with E-state index in [0.29, 0.717) is 17.5 Å². The third-order valence-corrected chi connectivity index (χ3v) is 11.5. The fourth-order valence-electron chi connectivity index (χ4n) is 6.52. The molecule has 0 spiro atoms. The van der Waals surface area contributed by atoms with Gasteiger partial charge in [0.25, 0.3) is 25.8 Å². The van der Waals surface area contributed by atoms with Gasteiger partial charge in [-0.2, -0.15) is 16.8 Å². The van der Waals surface area contributed by atoms with Gasteiger partial charge < -0.3 is 15.0 Å². The van der Waals surface area contributed by atoms with Crippen LogP contribution in [0, 0.1) is 0 Å². The Labute approximate surface area is 310 Å². The second kappa shape index (κ2) is 13.2. The van der Waals surface area contributed by atoms with E-state index in [9.17, 15) is 40.3 Å². The Hall–Kier alpha value is -5.93. The topological polar surface area (TPSA) is 197 Å². The number of pyridine rings is 1. The Kier molecular flexibility index (Phi) is 8.89. The molecule has 0 unspecified atom stereocenters. The van der Waals surface area contributed by atoms with Crippen LogP contribution in [-0.4, -0.2) is 42.5 Å². The minimum atomic E-state index is -4.87. The normalized spacial score (nSPS) is 12.7. The zero-order valence-corrected chi connectivity index (χ0v) is 30.6. The van der Waals surface area contributed by atoms with Crippen molar-refractivity contribution in [3.8, 4) is 22.6 Å². The number of aromatic nitrogens is 1. The molecule has 0 aliphatic heterocycles. The Morgan fingerprint density at radius 3 is 2.06 bits per heavy atom. The van der Waals surface area contributed by atoms with Crippen LogP contribution in [0.4, 0.5) is 11.4 Å². The van der Waals surface area contributed by atoms with Gasteiger partial charge in [0.15, 0.2) is 17.3 Å². The lowest BCUT2D eigenvalue weighted by Gasteiger charge is -2.26. The number of aromatic amines is 1. The number of carbonyl (C=O) groups is 2. The van der Waals surface area contributed by atoms with Crippen LogP contribution >= 0.6 is 0 Å². The van der Waals surface area contributed by atoms with Gasteiger partial charge in [-0.05, 0) is 59.4 Å². The largest absolute Gasteiger partial charge is 0.454 e. The smallest absolute Gasteiger partial charge is 0.298 e. The van der Waals surface area contributed by atoms with Gasteiger partial charge in [0.2, 0.25) is 0 Å². The quantitative estimate of drug-likeness (QED) is 0.0787. The summed E-state index contributed by atoms with van der Waals surface area (Å²) in [7, 11) is -9.39. The maximum atomic E-state index is 14.5. The lowest BCUT2D eigenvalue weighted by atomic mass is 9.80. The molecule has 4 N–H and O–H groups in total. The maximum absolute atomic E-state index is 14.5. The summed E-state index contributed by atoms with van der Waals surface area (Å²) in [5.74, 6) is -1.54. The minimum absolute atomic E-state index is 0.0262. The number of anilines is 2. The zero-order valence-electron chi connectivity index (χ0n) is 29.0. The van der Waals surface area contributed by atoms with E-state index in [1.54, 1.807) is 60.7 Å². The number of benzene rings is 5. The van der Waals surface area contributed by atoms with Gasteiger partial charge in [0.05, 0.1) is 27.2 Å². The summed E-state index contributed by atoms with van der Waals surface area (Å²) in [6.07, 6.45) is 0.647. The molecule has 1 heterocycles. The molecule has 5 aromatic carbocycles. The van der Waals surface area contributed by atoms with Crippen LogP contribution in [0.2, 0.25) is 0 Å². The Bertz CT molecular complexity index is 2830. The Balaban J connectivity index is 1.56.